The molecule has 0 saturated heterocycles. The van der Waals surface area contributed by atoms with Crippen molar-refractivity contribution < 1.29 is 32.0 Å². The van der Waals surface area contributed by atoms with Gasteiger partial charge in [0.05, 0.1) is 6.10 Å². The monoisotopic (exact) mass is 654 g/mol. The molecule has 0 aliphatic carbocycles. The molecule has 0 bridgehead atoms. The Labute approximate surface area is 276 Å². The van der Waals surface area contributed by atoms with Gasteiger partial charge < -0.3 is 9.47 Å². The molecule has 0 radical (unpaired) electrons. The van der Waals surface area contributed by atoms with E-state index in [1.165, 1.54) is 83.5 Å². The second kappa shape index (κ2) is 30.7. The van der Waals surface area contributed by atoms with Gasteiger partial charge in [-0.2, -0.15) is 8.42 Å². The zero-order chi connectivity index (χ0) is 33.4. The lowest BCUT2D eigenvalue weighted by atomic mass is 10.0. The number of esters is 2. The molecule has 0 aliphatic heterocycles. The quantitative estimate of drug-likeness (QED) is 0.0260. The van der Waals surface area contributed by atoms with Crippen LogP contribution in [-0.2, 0) is 29.2 Å². The van der Waals surface area contributed by atoms with Gasteiger partial charge in [-0.05, 0) is 78.1 Å². The van der Waals surface area contributed by atoms with Crippen LogP contribution in [0.25, 0.3) is 0 Å². The minimum absolute atomic E-state index is 0.107. The van der Waals surface area contributed by atoms with Gasteiger partial charge in [0.15, 0.2) is 0 Å². The van der Waals surface area contributed by atoms with E-state index in [2.05, 4.69) is 31.2 Å². The zero-order valence-electron chi connectivity index (χ0n) is 28.9. The summed E-state index contributed by atoms with van der Waals surface area (Å²) in [7, 11) is -4.14. The summed E-state index contributed by atoms with van der Waals surface area (Å²) < 4.78 is 40.3. The van der Waals surface area contributed by atoms with E-state index in [0.717, 1.165) is 51.4 Å². The molecule has 0 aromatic heterocycles. The molecule has 0 aromatic carbocycles. The number of hydrogen-bond acceptors (Lipinski definition) is 6. The number of unbranched alkanes of at least 4 members (excludes halogenated alkanes) is 17. The lowest BCUT2D eigenvalue weighted by molar-refractivity contribution is -0.148. The van der Waals surface area contributed by atoms with E-state index in [9.17, 15) is 18.0 Å². The summed E-state index contributed by atoms with van der Waals surface area (Å²) in [6.45, 7) is 5.45. The van der Waals surface area contributed by atoms with Gasteiger partial charge in [-0.1, -0.05) is 114 Å². The maximum atomic E-state index is 12.1. The van der Waals surface area contributed by atoms with Crippen molar-refractivity contribution in [1.29, 1.82) is 0 Å². The number of carbonyl (C=O) groups is 2. The van der Waals surface area contributed by atoms with Crippen LogP contribution in [0, 0.1) is 0 Å². The van der Waals surface area contributed by atoms with Crippen LogP contribution in [0.2, 0.25) is 0 Å². The summed E-state index contributed by atoms with van der Waals surface area (Å²) in [5.74, 6) is -1.33. The molecule has 7 nitrogen and oxygen atoms in total. The predicted molar refractivity (Wildman–Crippen MR) is 187 cm³/mol. The third kappa shape index (κ3) is 33.3. The summed E-state index contributed by atoms with van der Waals surface area (Å²) in [5.41, 5.74) is 0.416. The van der Waals surface area contributed by atoms with Gasteiger partial charge >= 0.3 is 11.9 Å². The van der Waals surface area contributed by atoms with Crippen molar-refractivity contribution in [3.63, 3.8) is 0 Å². The fourth-order valence-corrected chi connectivity index (χ4v) is 5.28. The van der Waals surface area contributed by atoms with Crippen molar-refractivity contribution in [2.45, 2.75) is 175 Å². The Kier molecular flexibility index (Phi) is 29.4. The molecule has 45 heavy (non-hydrogen) atoms. The second-order valence-corrected chi connectivity index (χ2v) is 13.9. The standard InChI is InChI=1S/C37H66O7S/c1-4-5-6-7-8-9-10-11-12-13-14-15-16-17-18-19-20-21-22-23-28-31-36(38)44-35(3)30-27-25-24-26-29-34(2)37(39)43-32-33-45(40,41)42/h17-18,21-22,29,35H,4-16,19-20,23-28,30-33H2,1-3H3,(H,40,41,42)/b18-17-,22-21-,34-29-/t35-/m1/s1. The van der Waals surface area contributed by atoms with Crippen LogP contribution >= 0.6 is 0 Å². The molecule has 8 heteroatoms. The van der Waals surface area contributed by atoms with Crippen molar-refractivity contribution in [3.05, 3.63) is 36.0 Å². The predicted octanol–water partition coefficient (Wildman–Crippen LogP) is 10.4. The fourth-order valence-electron chi connectivity index (χ4n) is 4.98. The first-order valence-electron chi connectivity index (χ1n) is 17.9. The molecule has 262 valence electrons. The van der Waals surface area contributed by atoms with Gasteiger partial charge in [-0.25, -0.2) is 4.79 Å². The van der Waals surface area contributed by atoms with Crippen LogP contribution in [0.15, 0.2) is 36.0 Å². The Balaban J connectivity index is 3.59. The highest BCUT2D eigenvalue weighted by molar-refractivity contribution is 7.85. The van der Waals surface area contributed by atoms with E-state index in [-0.39, 0.29) is 18.7 Å². The number of allylic oxidation sites excluding steroid dienone is 5. The van der Waals surface area contributed by atoms with E-state index >= 15 is 0 Å². The largest absolute Gasteiger partial charge is 0.463 e. The molecular weight excluding hydrogens is 588 g/mol. The van der Waals surface area contributed by atoms with Crippen molar-refractivity contribution in [2.75, 3.05) is 12.4 Å². The molecule has 0 heterocycles. The molecule has 0 fully saturated rings. The summed E-state index contributed by atoms with van der Waals surface area (Å²) in [6, 6.07) is 0. The van der Waals surface area contributed by atoms with E-state index in [1.807, 2.05) is 6.92 Å². The molecule has 1 atom stereocenters. The molecule has 0 unspecified atom stereocenters. The molecule has 0 spiro atoms. The maximum absolute atomic E-state index is 12.1. The van der Waals surface area contributed by atoms with E-state index in [4.69, 9.17) is 14.0 Å². The highest BCUT2D eigenvalue weighted by atomic mass is 32.2. The van der Waals surface area contributed by atoms with E-state index in [0.29, 0.717) is 18.4 Å². The van der Waals surface area contributed by atoms with Crippen LogP contribution in [-0.4, -0.2) is 43.4 Å². The van der Waals surface area contributed by atoms with Gasteiger partial charge in [0.1, 0.15) is 12.4 Å². The van der Waals surface area contributed by atoms with Crippen LogP contribution < -0.4 is 0 Å². The summed E-state index contributed by atoms with van der Waals surface area (Å²) in [5, 5.41) is 0. The van der Waals surface area contributed by atoms with Crippen LogP contribution in [0.3, 0.4) is 0 Å². The number of carbonyl (C=O) groups excluding carboxylic acids is 2. The zero-order valence-corrected chi connectivity index (χ0v) is 29.8. The molecule has 0 aliphatic rings. The number of rotatable bonds is 31. The fraction of sp³-hybridized carbons (Fsp3) is 0.784. The number of hydrogen-bond donors (Lipinski definition) is 1. The first kappa shape index (κ1) is 43.1. The van der Waals surface area contributed by atoms with Gasteiger partial charge in [-0.3, -0.25) is 9.35 Å². The van der Waals surface area contributed by atoms with Crippen LogP contribution in [0.4, 0.5) is 0 Å². The third-order valence-corrected chi connectivity index (χ3v) is 8.49. The number of ether oxygens (including phenoxy) is 2. The van der Waals surface area contributed by atoms with Gasteiger partial charge in [0, 0.05) is 12.0 Å². The Hall–Kier alpha value is -1.93. The lowest BCUT2D eigenvalue weighted by Crippen LogP contribution is -2.15. The Morgan fingerprint density at radius 1 is 0.689 bits per heavy atom. The Morgan fingerprint density at radius 2 is 1.18 bits per heavy atom. The Morgan fingerprint density at radius 3 is 1.76 bits per heavy atom. The molecule has 0 saturated carbocycles. The normalized spacial score (nSPS) is 13.1. The summed E-state index contributed by atoms with van der Waals surface area (Å²) >= 11 is 0. The second-order valence-electron chi connectivity index (χ2n) is 12.3. The molecular formula is C37H66O7S. The summed E-state index contributed by atoms with van der Waals surface area (Å²) in [6.07, 6.45) is 37.1. The average molecular weight is 655 g/mol. The highest BCUT2D eigenvalue weighted by Gasteiger charge is 2.10. The molecule has 0 amide bonds. The topological polar surface area (TPSA) is 107 Å². The SMILES string of the molecule is CCCCCCCCCCCCCC/C=C\CC/C=C\CCCC(=O)O[C@H](C)CCCCC/C=C(/C)C(=O)OCCS(=O)(=O)O. The molecule has 1 N–H and O–H groups in total. The van der Waals surface area contributed by atoms with Gasteiger partial charge in [0.25, 0.3) is 10.1 Å². The van der Waals surface area contributed by atoms with Crippen LogP contribution in [0.1, 0.15) is 168 Å². The van der Waals surface area contributed by atoms with Gasteiger partial charge in [-0.15, -0.1) is 0 Å². The Bertz CT molecular complexity index is 921. The average Bonchev–Trinajstić information content (AvgIpc) is 2.98. The van der Waals surface area contributed by atoms with Crippen molar-refractivity contribution in [1.82, 2.24) is 0 Å². The maximum Gasteiger partial charge on any atom is 0.333 e. The third-order valence-electron chi connectivity index (χ3n) is 7.80. The highest BCUT2D eigenvalue weighted by Crippen LogP contribution is 2.14. The van der Waals surface area contributed by atoms with Crippen LogP contribution in [0.5, 0.6) is 0 Å². The summed E-state index contributed by atoms with van der Waals surface area (Å²) in [4.78, 5) is 23.9. The first-order valence-corrected chi connectivity index (χ1v) is 19.5. The van der Waals surface area contributed by atoms with E-state index in [1.54, 1.807) is 13.0 Å². The molecule has 0 aromatic rings. The minimum Gasteiger partial charge on any atom is -0.463 e. The minimum atomic E-state index is -4.14. The lowest BCUT2D eigenvalue weighted by Gasteiger charge is -2.12. The first-order chi connectivity index (χ1) is 21.7. The molecule has 0 rings (SSSR count). The van der Waals surface area contributed by atoms with E-state index < -0.39 is 21.8 Å². The van der Waals surface area contributed by atoms with Crippen molar-refractivity contribution in [2.24, 2.45) is 0 Å². The van der Waals surface area contributed by atoms with Crippen molar-refractivity contribution in [3.8, 4) is 0 Å². The van der Waals surface area contributed by atoms with Gasteiger partial charge in [0.2, 0.25) is 0 Å². The van der Waals surface area contributed by atoms with Crippen molar-refractivity contribution >= 4 is 22.1 Å². The smallest absolute Gasteiger partial charge is 0.333 e.